The summed E-state index contributed by atoms with van der Waals surface area (Å²) in [5.41, 5.74) is -0.177. The summed E-state index contributed by atoms with van der Waals surface area (Å²) in [6.07, 6.45) is 6.44. The van der Waals surface area contributed by atoms with E-state index in [4.69, 9.17) is 4.74 Å². The van der Waals surface area contributed by atoms with Crippen LogP contribution in [0.1, 0.15) is 59.1 Å². The van der Waals surface area contributed by atoms with Gasteiger partial charge in [0.2, 0.25) is 0 Å². The first-order valence-corrected chi connectivity index (χ1v) is 9.62. The van der Waals surface area contributed by atoms with Gasteiger partial charge in [-0.05, 0) is 55.3 Å². The number of H-pyrrole nitrogens is 1. The molecular formula is C19H29N3O3. The van der Waals surface area contributed by atoms with E-state index in [0.29, 0.717) is 35.5 Å². The number of ether oxygens (including phenoxy) is 1. The third kappa shape index (κ3) is 2.65. The zero-order chi connectivity index (χ0) is 17.8. The van der Waals surface area contributed by atoms with Crippen LogP contribution in [0.5, 0.6) is 0 Å². The molecule has 1 aromatic heterocycles. The molecule has 0 spiro atoms. The highest BCUT2D eigenvalue weighted by molar-refractivity contribution is 5.41. The molecule has 138 valence electrons. The van der Waals surface area contributed by atoms with Crippen molar-refractivity contribution in [1.82, 2.24) is 9.78 Å². The second-order valence-electron chi connectivity index (χ2n) is 8.72. The topological polar surface area (TPSA) is 76.1 Å². The maximum Gasteiger partial charge on any atom is 0.317 e. The minimum absolute atomic E-state index is 0.263. The van der Waals surface area contributed by atoms with Crippen LogP contribution in [0.2, 0.25) is 0 Å². The second-order valence-corrected chi connectivity index (χ2v) is 8.72. The molecule has 2 bridgehead atoms. The third-order valence-corrected chi connectivity index (χ3v) is 7.14. The van der Waals surface area contributed by atoms with Crippen molar-refractivity contribution < 1.29 is 4.74 Å². The van der Waals surface area contributed by atoms with E-state index in [2.05, 4.69) is 31.2 Å². The molecule has 1 saturated heterocycles. The molecular weight excluding hydrogens is 318 g/mol. The Morgan fingerprint density at radius 2 is 2.08 bits per heavy atom. The number of anilines is 1. The van der Waals surface area contributed by atoms with Gasteiger partial charge in [0, 0.05) is 18.8 Å². The highest BCUT2D eigenvalue weighted by Crippen LogP contribution is 2.61. The van der Waals surface area contributed by atoms with Crippen molar-refractivity contribution in [1.29, 1.82) is 0 Å². The van der Waals surface area contributed by atoms with Crippen molar-refractivity contribution in [2.24, 2.45) is 23.2 Å². The van der Waals surface area contributed by atoms with Crippen molar-refractivity contribution in [3.05, 3.63) is 26.8 Å². The Balaban J connectivity index is 1.53. The van der Waals surface area contributed by atoms with Crippen LogP contribution in [0.25, 0.3) is 0 Å². The zero-order valence-corrected chi connectivity index (χ0v) is 15.4. The summed E-state index contributed by atoms with van der Waals surface area (Å²) in [5.74, 6) is 1.91. The maximum atomic E-state index is 12.6. The molecule has 4 aliphatic rings. The molecule has 3 saturated carbocycles. The van der Waals surface area contributed by atoms with Crippen LogP contribution in [0, 0.1) is 23.2 Å². The summed E-state index contributed by atoms with van der Waals surface area (Å²) in [5, 5.41) is 6.35. The second kappa shape index (κ2) is 6.01. The zero-order valence-electron chi connectivity index (χ0n) is 15.4. The van der Waals surface area contributed by atoms with Gasteiger partial charge in [-0.2, -0.15) is 0 Å². The van der Waals surface area contributed by atoms with Gasteiger partial charge in [-0.25, -0.2) is 4.68 Å². The van der Waals surface area contributed by atoms with E-state index in [1.54, 1.807) is 6.20 Å². The molecule has 6 nitrogen and oxygen atoms in total. The molecule has 0 aromatic carbocycles. The Kier molecular flexibility index (Phi) is 4.06. The van der Waals surface area contributed by atoms with Crippen molar-refractivity contribution in [3.63, 3.8) is 0 Å². The van der Waals surface area contributed by atoms with Crippen molar-refractivity contribution >= 4 is 5.69 Å². The molecule has 2 N–H and O–H groups in total. The van der Waals surface area contributed by atoms with Crippen LogP contribution in [0.15, 0.2) is 15.8 Å². The van der Waals surface area contributed by atoms with Gasteiger partial charge in [-0.3, -0.25) is 14.7 Å². The molecule has 4 fully saturated rings. The lowest BCUT2D eigenvalue weighted by molar-refractivity contribution is -0.105. The molecule has 5 rings (SSSR count). The Hall–Kier alpha value is -1.56. The SMILES string of the molecule is C[C@H]1[C@H]2C[C@H](C[C@H]1Nc1c[nH]n(C3CCCCO3)c(=O)c1=O)C2(C)C. The van der Waals surface area contributed by atoms with E-state index in [-0.39, 0.29) is 12.3 Å². The fourth-order valence-corrected chi connectivity index (χ4v) is 5.27. The van der Waals surface area contributed by atoms with Gasteiger partial charge in [0.1, 0.15) is 5.69 Å². The first-order valence-electron chi connectivity index (χ1n) is 9.62. The van der Waals surface area contributed by atoms with Gasteiger partial charge in [0.15, 0.2) is 6.23 Å². The molecule has 1 aliphatic heterocycles. The van der Waals surface area contributed by atoms with Crippen LogP contribution in [-0.4, -0.2) is 22.4 Å². The minimum Gasteiger partial charge on any atom is -0.377 e. The predicted molar refractivity (Wildman–Crippen MR) is 96.7 cm³/mol. The smallest absolute Gasteiger partial charge is 0.317 e. The van der Waals surface area contributed by atoms with E-state index in [1.807, 2.05) is 0 Å². The summed E-state index contributed by atoms with van der Waals surface area (Å²) in [4.78, 5) is 25.0. The third-order valence-electron chi connectivity index (χ3n) is 7.14. The normalized spacial score (nSPS) is 36.5. The number of rotatable bonds is 3. The maximum absolute atomic E-state index is 12.6. The molecule has 6 heteroatoms. The molecule has 3 aliphatic carbocycles. The molecule has 2 heterocycles. The minimum atomic E-state index is -0.522. The van der Waals surface area contributed by atoms with Crippen molar-refractivity contribution in [3.8, 4) is 0 Å². The largest absolute Gasteiger partial charge is 0.377 e. The van der Waals surface area contributed by atoms with Crippen LogP contribution in [-0.2, 0) is 4.74 Å². The van der Waals surface area contributed by atoms with Crippen molar-refractivity contribution in [2.45, 2.75) is 65.1 Å². The average Bonchev–Trinajstić information content (AvgIpc) is 2.61. The van der Waals surface area contributed by atoms with Crippen LogP contribution >= 0.6 is 0 Å². The Bertz CT molecular complexity index is 760. The Morgan fingerprint density at radius 1 is 1.28 bits per heavy atom. The quantitative estimate of drug-likeness (QED) is 0.824. The van der Waals surface area contributed by atoms with E-state index in [0.717, 1.165) is 25.7 Å². The lowest BCUT2D eigenvalue weighted by Gasteiger charge is -2.62. The number of hydrogen-bond donors (Lipinski definition) is 2. The summed E-state index contributed by atoms with van der Waals surface area (Å²) in [7, 11) is 0. The highest BCUT2D eigenvalue weighted by atomic mass is 16.5. The van der Waals surface area contributed by atoms with Crippen LogP contribution in [0.3, 0.4) is 0 Å². The first-order chi connectivity index (χ1) is 11.9. The number of aromatic nitrogens is 2. The fourth-order valence-electron chi connectivity index (χ4n) is 5.27. The number of nitrogens with one attached hydrogen (secondary N) is 2. The molecule has 0 radical (unpaired) electrons. The molecule has 25 heavy (non-hydrogen) atoms. The van der Waals surface area contributed by atoms with E-state index < -0.39 is 11.0 Å². The molecule has 0 amide bonds. The predicted octanol–water partition coefficient (Wildman–Crippen LogP) is 2.72. The van der Waals surface area contributed by atoms with E-state index in [9.17, 15) is 9.59 Å². The summed E-state index contributed by atoms with van der Waals surface area (Å²) in [6, 6.07) is 0.263. The van der Waals surface area contributed by atoms with E-state index in [1.165, 1.54) is 11.1 Å². The number of hydrogen-bond acceptors (Lipinski definition) is 4. The van der Waals surface area contributed by atoms with Gasteiger partial charge >= 0.3 is 5.56 Å². The monoisotopic (exact) mass is 347 g/mol. The molecule has 1 aromatic rings. The standard InChI is InChI=1S/C19H29N3O3/c1-11-13-8-12(19(13,2)3)9-14(11)21-15-10-20-22(18(24)17(15)23)16-6-4-5-7-25-16/h10-14,16,20-21H,4-9H2,1-3H3/t11-,12+,13+,14+,16?/m0/s1. The Morgan fingerprint density at radius 3 is 2.72 bits per heavy atom. The van der Waals surface area contributed by atoms with Gasteiger partial charge in [0.05, 0.1) is 0 Å². The highest BCUT2D eigenvalue weighted by Gasteiger charge is 2.56. The van der Waals surface area contributed by atoms with Crippen LogP contribution in [0.4, 0.5) is 5.69 Å². The van der Waals surface area contributed by atoms with Gasteiger partial charge in [-0.15, -0.1) is 0 Å². The summed E-state index contributed by atoms with van der Waals surface area (Å²) in [6.45, 7) is 7.62. The number of nitrogens with zero attached hydrogens (tertiary/aromatic N) is 1. The van der Waals surface area contributed by atoms with Crippen molar-refractivity contribution in [2.75, 3.05) is 11.9 Å². The van der Waals surface area contributed by atoms with E-state index >= 15 is 0 Å². The van der Waals surface area contributed by atoms with Crippen LogP contribution < -0.4 is 16.3 Å². The first kappa shape index (κ1) is 16.9. The van der Waals surface area contributed by atoms with Gasteiger partial charge < -0.3 is 10.1 Å². The molecule has 5 atom stereocenters. The Labute approximate surface area is 147 Å². The molecule has 1 unspecified atom stereocenters. The number of fused-ring (bicyclic) bond motifs is 2. The lowest BCUT2D eigenvalue weighted by atomic mass is 9.45. The summed E-state index contributed by atoms with van der Waals surface area (Å²) < 4.78 is 6.97. The lowest BCUT2D eigenvalue weighted by Crippen LogP contribution is -2.58. The fraction of sp³-hybridized carbons (Fsp3) is 0.789. The van der Waals surface area contributed by atoms with Gasteiger partial charge in [0.25, 0.3) is 5.43 Å². The van der Waals surface area contributed by atoms with Gasteiger partial charge in [-0.1, -0.05) is 20.8 Å². The average molecular weight is 347 g/mol. The number of aromatic amines is 1. The summed E-state index contributed by atoms with van der Waals surface area (Å²) >= 11 is 0.